The topological polar surface area (TPSA) is 84.2 Å². The molecular formula is C16H18FN3O3. The van der Waals surface area contributed by atoms with E-state index in [9.17, 15) is 19.1 Å². The Hall–Kier alpha value is -2.70. The molecule has 0 aliphatic rings. The number of rotatable bonds is 6. The van der Waals surface area contributed by atoms with Crippen LogP contribution in [0.4, 0.5) is 4.39 Å². The Kier molecular flexibility index (Phi) is 4.78. The average Bonchev–Trinajstić information content (AvgIpc) is 2.97. The highest BCUT2D eigenvalue weighted by Gasteiger charge is 2.34. The average molecular weight is 319 g/mol. The second-order valence-electron chi connectivity index (χ2n) is 5.44. The lowest BCUT2D eigenvalue weighted by Gasteiger charge is -2.25. The highest BCUT2D eigenvalue weighted by Crippen LogP contribution is 2.15. The van der Waals surface area contributed by atoms with Crippen LogP contribution >= 0.6 is 0 Å². The van der Waals surface area contributed by atoms with E-state index < -0.39 is 23.2 Å². The largest absolute Gasteiger partial charge is 0.480 e. The summed E-state index contributed by atoms with van der Waals surface area (Å²) in [6.07, 6.45) is 2.35. The number of amides is 1. The van der Waals surface area contributed by atoms with Crippen molar-refractivity contribution in [1.29, 1.82) is 0 Å². The van der Waals surface area contributed by atoms with Crippen LogP contribution < -0.4 is 5.32 Å². The predicted molar refractivity (Wildman–Crippen MR) is 81.9 cm³/mol. The number of carboxylic acid groups (broad SMARTS) is 1. The minimum absolute atomic E-state index is 0.0248. The fourth-order valence-corrected chi connectivity index (χ4v) is 2.25. The summed E-state index contributed by atoms with van der Waals surface area (Å²) in [4.78, 5) is 23.6. The number of benzene rings is 1. The van der Waals surface area contributed by atoms with Gasteiger partial charge < -0.3 is 10.4 Å². The number of carboxylic acids is 1. The Morgan fingerprint density at radius 2 is 2.04 bits per heavy atom. The highest BCUT2D eigenvalue weighted by molar-refractivity contribution is 5.96. The van der Waals surface area contributed by atoms with Gasteiger partial charge in [-0.05, 0) is 31.5 Å². The van der Waals surface area contributed by atoms with Gasteiger partial charge >= 0.3 is 5.97 Å². The van der Waals surface area contributed by atoms with E-state index in [1.165, 1.54) is 36.0 Å². The van der Waals surface area contributed by atoms with Crippen molar-refractivity contribution < 1.29 is 19.1 Å². The molecule has 122 valence electrons. The Morgan fingerprint density at radius 1 is 1.35 bits per heavy atom. The fourth-order valence-electron chi connectivity index (χ4n) is 2.25. The molecular weight excluding hydrogens is 301 g/mol. The fraction of sp³-hybridized carbons (Fsp3) is 0.312. The maximum absolute atomic E-state index is 13.7. The van der Waals surface area contributed by atoms with E-state index in [1.807, 2.05) is 6.92 Å². The molecule has 0 saturated carbocycles. The summed E-state index contributed by atoms with van der Waals surface area (Å²) in [5.74, 6) is -2.19. The minimum atomic E-state index is -1.37. The number of carbonyl (C=O) groups excluding carboxylic acids is 1. The van der Waals surface area contributed by atoms with E-state index in [1.54, 1.807) is 12.1 Å². The number of nitrogens with zero attached hydrogens (tertiary/aromatic N) is 2. The lowest BCUT2D eigenvalue weighted by atomic mass is 9.96. The smallest absolute Gasteiger partial charge is 0.329 e. The van der Waals surface area contributed by atoms with E-state index in [-0.39, 0.29) is 11.4 Å². The zero-order chi connectivity index (χ0) is 17.0. The van der Waals surface area contributed by atoms with Crippen LogP contribution in [0.1, 0.15) is 37.2 Å². The molecule has 2 N–H and O–H groups in total. The van der Waals surface area contributed by atoms with Crippen LogP contribution in [0.3, 0.4) is 0 Å². The van der Waals surface area contributed by atoms with Crippen LogP contribution in [0.5, 0.6) is 0 Å². The molecule has 7 heteroatoms. The zero-order valence-corrected chi connectivity index (χ0v) is 12.9. The molecule has 23 heavy (non-hydrogen) atoms. The lowest BCUT2D eigenvalue weighted by Crippen LogP contribution is -2.52. The van der Waals surface area contributed by atoms with Gasteiger partial charge in [-0.1, -0.05) is 25.5 Å². The van der Waals surface area contributed by atoms with Crippen molar-refractivity contribution in [3.8, 4) is 5.69 Å². The van der Waals surface area contributed by atoms with Gasteiger partial charge in [0.05, 0.1) is 0 Å². The molecule has 0 aliphatic heterocycles. The van der Waals surface area contributed by atoms with Crippen molar-refractivity contribution in [2.45, 2.75) is 32.2 Å². The monoisotopic (exact) mass is 319 g/mol. The minimum Gasteiger partial charge on any atom is -0.480 e. The van der Waals surface area contributed by atoms with Gasteiger partial charge in [-0.2, -0.15) is 5.10 Å². The van der Waals surface area contributed by atoms with Crippen molar-refractivity contribution in [3.05, 3.63) is 48.0 Å². The first kappa shape index (κ1) is 16.7. The quantitative estimate of drug-likeness (QED) is 0.856. The third-order valence-corrected chi connectivity index (χ3v) is 3.53. The van der Waals surface area contributed by atoms with Crippen LogP contribution in [-0.2, 0) is 4.79 Å². The maximum Gasteiger partial charge on any atom is 0.329 e. The molecule has 0 bridgehead atoms. The van der Waals surface area contributed by atoms with Crippen LogP contribution in [-0.4, -0.2) is 32.3 Å². The number of aromatic nitrogens is 2. The number of aliphatic carboxylic acids is 1. The predicted octanol–water partition coefficient (Wildman–Crippen LogP) is 2.38. The second kappa shape index (κ2) is 6.60. The van der Waals surface area contributed by atoms with Crippen LogP contribution in [0, 0.1) is 5.82 Å². The molecule has 1 heterocycles. The van der Waals surface area contributed by atoms with Gasteiger partial charge in [0.1, 0.15) is 17.0 Å². The van der Waals surface area contributed by atoms with Gasteiger partial charge in [-0.3, -0.25) is 4.79 Å². The molecule has 0 radical (unpaired) electrons. The summed E-state index contributed by atoms with van der Waals surface area (Å²) < 4.78 is 15.0. The van der Waals surface area contributed by atoms with Crippen molar-refractivity contribution in [2.75, 3.05) is 0 Å². The summed E-state index contributed by atoms with van der Waals surface area (Å²) in [7, 11) is 0. The van der Waals surface area contributed by atoms with Gasteiger partial charge in [0.15, 0.2) is 5.69 Å². The molecule has 0 aliphatic carbocycles. The Labute approximate surface area is 132 Å². The normalized spacial score (nSPS) is 13.3. The molecule has 2 rings (SSSR count). The van der Waals surface area contributed by atoms with Crippen molar-refractivity contribution >= 4 is 11.9 Å². The van der Waals surface area contributed by atoms with E-state index in [0.717, 1.165) is 0 Å². The first-order valence-electron chi connectivity index (χ1n) is 7.24. The summed E-state index contributed by atoms with van der Waals surface area (Å²) in [6, 6.07) is 7.44. The number of hydrogen-bond acceptors (Lipinski definition) is 3. The molecule has 1 aromatic carbocycles. The first-order chi connectivity index (χ1) is 10.9. The number of halogens is 1. The van der Waals surface area contributed by atoms with Gasteiger partial charge in [-0.25, -0.2) is 13.9 Å². The summed E-state index contributed by atoms with van der Waals surface area (Å²) in [5.41, 5.74) is -1.13. The van der Waals surface area contributed by atoms with Gasteiger partial charge in [0, 0.05) is 6.20 Å². The SMILES string of the molecule is CCCC(C)(NC(=O)c1ccn(-c2ccccc2F)n1)C(=O)O. The Bertz CT molecular complexity index is 729. The molecule has 1 atom stereocenters. The van der Waals surface area contributed by atoms with Crippen LogP contribution in [0.15, 0.2) is 36.5 Å². The van der Waals surface area contributed by atoms with Gasteiger partial charge in [0.2, 0.25) is 0 Å². The standard InChI is InChI=1S/C16H18FN3O3/c1-3-9-16(2,15(22)23)18-14(21)12-8-10-20(19-12)13-7-5-4-6-11(13)17/h4-8,10H,3,9H2,1-2H3,(H,18,21)(H,22,23). The van der Waals surface area contributed by atoms with E-state index in [2.05, 4.69) is 10.4 Å². The second-order valence-corrected chi connectivity index (χ2v) is 5.44. The Balaban J connectivity index is 2.22. The van der Waals surface area contributed by atoms with Gasteiger partial charge in [0.25, 0.3) is 5.91 Å². The molecule has 6 nitrogen and oxygen atoms in total. The summed E-state index contributed by atoms with van der Waals surface area (Å²) in [6.45, 7) is 3.28. The third-order valence-electron chi connectivity index (χ3n) is 3.53. The zero-order valence-electron chi connectivity index (χ0n) is 12.9. The molecule has 2 aromatic rings. The lowest BCUT2D eigenvalue weighted by molar-refractivity contribution is -0.144. The highest BCUT2D eigenvalue weighted by atomic mass is 19.1. The van der Waals surface area contributed by atoms with E-state index in [4.69, 9.17) is 0 Å². The number of nitrogens with one attached hydrogen (secondary N) is 1. The Morgan fingerprint density at radius 3 is 2.65 bits per heavy atom. The summed E-state index contributed by atoms with van der Waals surface area (Å²) in [5, 5.41) is 15.8. The van der Waals surface area contributed by atoms with Crippen LogP contribution in [0.25, 0.3) is 5.69 Å². The molecule has 0 saturated heterocycles. The number of para-hydroxylation sites is 1. The number of hydrogen-bond donors (Lipinski definition) is 2. The molecule has 1 aromatic heterocycles. The molecule has 1 unspecified atom stereocenters. The summed E-state index contributed by atoms with van der Waals surface area (Å²) >= 11 is 0. The van der Waals surface area contributed by atoms with Crippen molar-refractivity contribution in [2.24, 2.45) is 0 Å². The van der Waals surface area contributed by atoms with E-state index >= 15 is 0 Å². The van der Waals surface area contributed by atoms with Crippen LogP contribution in [0.2, 0.25) is 0 Å². The third kappa shape index (κ3) is 3.56. The maximum atomic E-state index is 13.7. The molecule has 1 amide bonds. The first-order valence-corrected chi connectivity index (χ1v) is 7.24. The van der Waals surface area contributed by atoms with Crippen molar-refractivity contribution in [1.82, 2.24) is 15.1 Å². The number of carbonyl (C=O) groups is 2. The molecule has 0 spiro atoms. The van der Waals surface area contributed by atoms with Gasteiger partial charge in [-0.15, -0.1) is 0 Å². The van der Waals surface area contributed by atoms with Crippen molar-refractivity contribution in [3.63, 3.8) is 0 Å². The molecule has 0 fully saturated rings. The van der Waals surface area contributed by atoms with E-state index in [0.29, 0.717) is 12.8 Å².